The van der Waals surface area contributed by atoms with Crippen LogP contribution in [-0.2, 0) is 9.59 Å². The average molecular weight is 387 g/mol. The summed E-state index contributed by atoms with van der Waals surface area (Å²) in [5, 5.41) is 5.89. The molecule has 0 saturated carbocycles. The first-order valence-electron chi connectivity index (χ1n) is 8.19. The molecule has 27 heavy (non-hydrogen) atoms. The van der Waals surface area contributed by atoms with Gasteiger partial charge in [0.1, 0.15) is 5.75 Å². The summed E-state index contributed by atoms with van der Waals surface area (Å²) < 4.78 is 16.0. The van der Waals surface area contributed by atoms with Gasteiger partial charge >= 0.3 is 0 Å². The van der Waals surface area contributed by atoms with Gasteiger partial charge in [0.2, 0.25) is 12.7 Å². The molecule has 0 bridgehead atoms. The number of carbonyl (C=O) groups excluding carboxylic acids is 2. The van der Waals surface area contributed by atoms with Gasteiger partial charge in [0.25, 0.3) is 5.91 Å². The molecule has 2 amide bonds. The van der Waals surface area contributed by atoms with Crippen LogP contribution in [0.2, 0.25) is 5.02 Å². The van der Waals surface area contributed by atoms with Crippen LogP contribution in [0.3, 0.4) is 0 Å². The zero-order valence-corrected chi connectivity index (χ0v) is 15.0. The number of anilines is 2. The lowest BCUT2D eigenvalue weighted by molar-refractivity contribution is -0.122. The Morgan fingerprint density at radius 2 is 2.11 bits per heavy atom. The van der Waals surface area contributed by atoms with E-state index >= 15 is 0 Å². The molecule has 2 aromatic rings. The third-order valence-electron chi connectivity index (χ3n) is 4.05. The first-order valence-corrected chi connectivity index (χ1v) is 8.57. The number of carbonyl (C=O) groups is 2. The molecule has 7 nitrogen and oxygen atoms in total. The smallest absolute Gasteiger partial charge is 0.265 e. The first kappa shape index (κ1) is 17.2. The first-order chi connectivity index (χ1) is 13.0. The Kier molecular flexibility index (Phi) is 4.37. The maximum absolute atomic E-state index is 12.2. The maximum atomic E-state index is 12.2. The van der Waals surface area contributed by atoms with Crippen molar-refractivity contribution in [1.29, 1.82) is 0 Å². The second kappa shape index (κ2) is 6.85. The van der Waals surface area contributed by atoms with Crippen molar-refractivity contribution in [2.24, 2.45) is 0 Å². The molecule has 0 spiro atoms. The van der Waals surface area contributed by atoms with E-state index in [1.54, 1.807) is 43.3 Å². The standard InChI is InChI=1S/C19H15ClN2O5/c1-10-19(24)22-14-8-12(3-4-15(14)27-10)21-17(23)5-2-11-6-13(20)18-16(7-11)25-9-26-18/h2-8,10H,9H2,1H3,(H,21,23)(H,22,24)/b5-2+/t10-/m0/s1. The van der Waals surface area contributed by atoms with Crippen molar-refractivity contribution < 1.29 is 23.8 Å². The summed E-state index contributed by atoms with van der Waals surface area (Å²) in [6, 6.07) is 8.47. The molecule has 0 aliphatic carbocycles. The van der Waals surface area contributed by atoms with Crippen molar-refractivity contribution in [2.75, 3.05) is 17.4 Å². The highest BCUT2D eigenvalue weighted by Crippen LogP contribution is 2.40. The molecular formula is C19H15ClN2O5. The van der Waals surface area contributed by atoms with Gasteiger partial charge in [0, 0.05) is 11.8 Å². The summed E-state index contributed by atoms with van der Waals surface area (Å²) in [5.74, 6) is 1.05. The molecule has 2 aliphatic heterocycles. The van der Waals surface area contributed by atoms with Crippen LogP contribution in [0, 0.1) is 0 Å². The molecule has 2 aliphatic rings. The van der Waals surface area contributed by atoms with Crippen LogP contribution in [-0.4, -0.2) is 24.7 Å². The van der Waals surface area contributed by atoms with E-state index in [1.807, 2.05) is 0 Å². The highest BCUT2D eigenvalue weighted by atomic mass is 35.5. The van der Waals surface area contributed by atoms with Crippen LogP contribution in [0.15, 0.2) is 36.4 Å². The molecule has 0 fully saturated rings. The fraction of sp³-hybridized carbons (Fsp3) is 0.158. The van der Waals surface area contributed by atoms with Gasteiger partial charge < -0.3 is 24.8 Å². The molecule has 0 unspecified atom stereocenters. The lowest BCUT2D eigenvalue weighted by atomic mass is 10.2. The molecule has 0 radical (unpaired) electrons. The fourth-order valence-electron chi connectivity index (χ4n) is 2.73. The number of benzene rings is 2. The zero-order valence-electron chi connectivity index (χ0n) is 14.2. The van der Waals surface area contributed by atoms with E-state index in [0.29, 0.717) is 39.2 Å². The quantitative estimate of drug-likeness (QED) is 0.789. The van der Waals surface area contributed by atoms with Gasteiger partial charge in [-0.2, -0.15) is 0 Å². The van der Waals surface area contributed by atoms with Crippen molar-refractivity contribution in [3.05, 3.63) is 47.0 Å². The van der Waals surface area contributed by atoms with Crippen molar-refractivity contribution in [3.8, 4) is 17.2 Å². The molecule has 4 rings (SSSR count). The summed E-state index contributed by atoms with van der Waals surface area (Å²) in [5.41, 5.74) is 1.76. The van der Waals surface area contributed by atoms with E-state index in [4.69, 9.17) is 25.8 Å². The van der Waals surface area contributed by atoms with Crippen LogP contribution < -0.4 is 24.8 Å². The van der Waals surface area contributed by atoms with E-state index in [2.05, 4.69) is 10.6 Å². The highest BCUT2D eigenvalue weighted by molar-refractivity contribution is 6.32. The van der Waals surface area contributed by atoms with Gasteiger partial charge in [-0.3, -0.25) is 9.59 Å². The number of fused-ring (bicyclic) bond motifs is 2. The number of halogens is 1. The Morgan fingerprint density at radius 3 is 2.96 bits per heavy atom. The Bertz CT molecular complexity index is 973. The van der Waals surface area contributed by atoms with E-state index < -0.39 is 6.10 Å². The monoisotopic (exact) mass is 386 g/mol. The summed E-state index contributed by atoms with van der Waals surface area (Å²) in [7, 11) is 0. The SMILES string of the molecule is C[C@@H]1Oc2ccc(NC(=O)/C=C/c3cc(Cl)c4c(c3)OCO4)cc2NC1=O. The Balaban J connectivity index is 1.46. The summed E-state index contributed by atoms with van der Waals surface area (Å²) in [4.78, 5) is 23.9. The lowest BCUT2D eigenvalue weighted by Gasteiger charge is -2.23. The predicted octanol–water partition coefficient (Wildman–Crippen LogP) is 3.44. The number of rotatable bonds is 3. The summed E-state index contributed by atoms with van der Waals surface area (Å²) in [6.45, 7) is 1.79. The van der Waals surface area contributed by atoms with Crippen LogP contribution in [0.5, 0.6) is 17.2 Å². The molecule has 0 aromatic heterocycles. The van der Waals surface area contributed by atoms with Crippen molar-refractivity contribution in [1.82, 2.24) is 0 Å². The van der Waals surface area contributed by atoms with E-state index in [0.717, 1.165) is 0 Å². The Morgan fingerprint density at radius 1 is 1.26 bits per heavy atom. The third kappa shape index (κ3) is 3.54. The van der Waals surface area contributed by atoms with Crippen molar-refractivity contribution >= 4 is 40.9 Å². The third-order valence-corrected chi connectivity index (χ3v) is 4.34. The molecule has 2 heterocycles. The predicted molar refractivity (Wildman–Crippen MR) is 100 cm³/mol. The number of hydrogen-bond donors (Lipinski definition) is 2. The van der Waals surface area contributed by atoms with Gasteiger partial charge in [0.15, 0.2) is 17.6 Å². The normalized spacial score (nSPS) is 17.3. The van der Waals surface area contributed by atoms with Crippen molar-refractivity contribution in [3.63, 3.8) is 0 Å². The van der Waals surface area contributed by atoms with Gasteiger partial charge in [0.05, 0.1) is 10.7 Å². The fourth-order valence-corrected chi connectivity index (χ4v) is 3.00. The van der Waals surface area contributed by atoms with Gasteiger partial charge in [-0.25, -0.2) is 0 Å². The highest BCUT2D eigenvalue weighted by Gasteiger charge is 2.23. The van der Waals surface area contributed by atoms with Gasteiger partial charge in [-0.1, -0.05) is 11.6 Å². The molecule has 138 valence electrons. The number of hydrogen-bond acceptors (Lipinski definition) is 5. The molecule has 2 aromatic carbocycles. The minimum atomic E-state index is -0.547. The van der Waals surface area contributed by atoms with E-state index in [9.17, 15) is 9.59 Å². The van der Waals surface area contributed by atoms with E-state index in [-0.39, 0.29) is 18.6 Å². The Labute approximate surface area is 159 Å². The molecule has 1 atom stereocenters. The van der Waals surface area contributed by atoms with Gasteiger partial charge in [-0.15, -0.1) is 0 Å². The van der Waals surface area contributed by atoms with Crippen LogP contribution in [0.25, 0.3) is 6.08 Å². The van der Waals surface area contributed by atoms with Crippen LogP contribution in [0.4, 0.5) is 11.4 Å². The van der Waals surface area contributed by atoms with Gasteiger partial charge in [-0.05, 0) is 48.9 Å². The zero-order chi connectivity index (χ0) is 19.0. The lowest BCUT2D eigenvalue weighted by Crippen LogP contribution is -2.34. The number of ether oxygens (including phenoxy) is 3. The van der Waals surface area contributed by atoms with E-state index in [1.165, 1.54) is 6.08 Å². The Hall–Kier alpha value is -3.19. The van der Waals surface area contributed by atoms with Crippen LogP contribution in [0.1, 0.15) is 12.5 Å². The molecule has 0 saturated heterocycles. The second-order valence-electron chi connectivity index (χ2n) is 6.02. The molecular weight excluding hydrogens is 372 g/mol. The minimum absolute atomic E-state index is 0.125. The number of nitrogens with one attached hydrogen (secondary N) is 2. The molecule has 2 N–H and O–H groups in total. The molecule has 8 heteroatoms. The number of amides is 2. The largest absolute Gasteiger partial charge is 0.479 e. The maximum Gasteiger partial charge on any atom is 0.265 e. The second-order valence-corrected chi connectivity index (χ2v) is 6.43. The van der Waals surface area contributed by atoms with Crippen molar-refractivity contribution in [2.45, 2.75) is 13.0 Å². The van der Waals surface area contributed by atoms with Crippen LogP contribution >= 0.6 is 11.6 Å². The summed E-state index contributed by atoms with van der Waals surface area (Å²) >= 11 is 6.12. The topological polar surface area (TPSA) is 85.9 Å². The minimum Gasteiger partial charge on any atom is -0.479 e. The average Bonchev–Trinajstić information content (AvgIpc) is 3.10. The summed E-state index contributed by atoms with van der Waals surface area (Å²) in [6.07, 6.45) is 2.45.